The van der Waals surface area contributed by atoms with E-state index in [4.69, 9.17) is 4.52 Å². The van der Waals surface area contributed by atoms with Gasteiger partial charge in [-0.3, -0.25) is 9.48 Å². The van der Waals surface area contributed by atoms with Crippen LogP contribution in [0.4, 0.5) is 0 Å². The van der Waals surface area contributed by atoms with Crippen molar-refractivity contribution in [2.75, 3.05) is 6.26 Å². The highest BCUT2D eigenvalue weighted by Gasteiger charge is 2.33. The Hall–Kier alpha value is -2.34. The van der Waals surface area contributed by atoms with Crippen LogP contribution in [-0.2, 0) is 6.54 Å². The molecule has 6 heteroatoms. The highest BCUT2D eigenvalue weighted by Crippen LogP contribution is 2.42. The Bertz CT molecular complexity index is 969. The van der Waals surface area contributed by atoms with Crippen molar-refractivity contribution in [1.82, 2.24) is 14.9 Å². The van der Waals surface area contributed by atoms with E-state index < -0.39 is 0 Å². The third kappa shape index (κ3) is 3.21. The minimum absolute atomic E-state index is 0.0164. The zero-order chi connectivity index (χ0) is 18.3. The van der Waals surface area contributed by atoms with Crippen molar-refractivity contribution in [2.45, 2.75) is 44.0 Å². The lowest BCUT2D eigenvalue weighted by atomic mass is 9.97. The molecule has 26 heavy (non-hydrogen) atoms. The average molecular weight is 367 g/mol. The number of hydrogen-bond donors (Lipinski definition) is 0. The number of thioether (sulfide) groups is 1. The average Bonchev–Trinajstić information content (AvgIpc) is 3.27. The number of carbonyl (C=O) groups excluding carboxylic acids is 1. The summed E-state index contributed by atoms with van der Waals surface area (Å²) in [5.41, 5.74) is 4.32. The smallest absolute Gasteiger partial charge is 0.198 e. The van der Waals surface area contributed by atoms with Crippen LogP contribution in [-0.4, -0.2) is 27.0 Å². The Morgan fingerprint density at radius 1 is 1.27 bits per heavy atom. The summed E-state index contributed by atoms with van der Waals surface area (Å²) in [6.45, 7) is 4.58. The van der Waals surface area contributed by atoms with Crippen LogP contribution in [0.1, 0.15) is 57.4 Å². The van der Waals surface area contributed by atoms with Gasteiger partial charge in [-0.05, 0) is 62.8 Å². The second kappa shape index (κ2) is 6.76. The van der Waals surface area contributed by atoms with Crippen LogP contribution >= 0.6 is 11.8 Å². The normalized spacial score (nSPS) is 14.0. The topological polar surface area (TPSA) is 60.9 Å². The number of hydrogen-bond acceptors (Lipinski definition) is 5. The summed E-state index contributed by atoms with van der Waals surface area (Å²) >= 11 is 1.67. The first kappa shape index (κ1) is 17.1. The monoisotopic (exact) mass is 367 g/mol. The van der Waals surface area contributed by atoms with Crippen LogP contribution in [0.15, 0.2) is 39.9 Å². The fraction of sp³-hybridized carbons (Fsp3) is 0.350. The first-order chi connectivity index (χ1) is 12.6. The number of benzene rings is 1. The van der Waals surface area contributed by atoms with Crippen LogP contribution in [0.3, 0.4) is 0 Å². The lowest BCUT2D eigenvalue weighted by Crippen LogP contribution is -2.11. The number of nitrogens with zero attached hydrogens (tertiary/aromatic N) is 3. The van der Waals surface area contributed by atoms with E-state index in [0.29, 0.717) is 23.6 Å². The molecule has 0 atom stereocenters. The van der Waals surface area contributed by atoms with E-state index in [9.17, 15) is 4.79 Å². The molecular formula is C20H21N3O2S. The lowest BCUT2D eigenvalue weighted by molar-refractivity contribution is 0.103. The molecular weight excluding hydrogens is 346 g/mol. The number of aromatic nitrogens is 3. The highest BCUT2D eigenvalue weighted by molar-refractivity contribution is 7.98. The van der Waals surface area contributed by atoms with Gasteiger partial charge in [0.15, 0.2) is 11.5 Å². The van der Waals surface area contributed by atoms with E-state index in [-0.39, 0.29) is 5.78 Å². The molecule has 0 amide bonds. The van der Waals surface area contributed by atoms with Gasteiger partial charge in [-0.15, -0.1) is 11.8 Å². The number of aryl methyl sites for hydroxylation is 2. The van der Waals surface area contributed by atoms with Gasteiger partial charge in [-0.1, -0.05) is 5.16 Å². The van der Waals surface area contributed by atoms with Crippen molar-refractivity contribution in [3.8, 4) is 0 Å². The highest BCUT2D eigenvalue weighted by atomic mass is 32.2. The second-order valence-electron chi connectivity index (χ2n) is 6.81. The van der Waals surface area contributed by atoms with E-state index >= 15 is 0 Å². The van der Waals surface area contributed by atoms with Crippen molar-refractivity contribution in [3.05, 3.63) is 64.3 Å². The molecule has 0 N–H and O–H groups in total. The molecule has 0 radical (unpaired) electrons. The summed E-state index contributed by atoms with van der Waals surface area (Å²) in [7, 11) is 0. The predicted molar refractivity (Wildman–Crippen MR) is 101 cm³/mol. The van der Waals surface area contributed by atoms with Gasteiger partial charge in [0.25, 0.3) is 0 Å². The van der Waals surface area contributed by atoms with E-state index in [1.165, 1.54) is 0 Å². The molecule has 4 rings (SSSR count). The Morgan fingerprint density at radius 2 is 2.08 bits per heavy atom. The van der Waals surface area contributed by atoms with Crippen molar-refractivity contribution < 1.29 is 9.32 Å². The predicted octanol–water partition coefficient (Wildman–Crippen LogP) is 4.37. The minimum atomic E-state index is -0.0164. The molecule has 1 saturated carbocycles. The van der Waals surface area contributed by atoms with E-state index in [2.05, 4.69) is 16.3 Å². The summed E-state index contributed by atoms with van der Waals surface area (Å²) < 4.78 is 7.31. The summed E-state index contributed by atoms with van der Waals surface area (Å²) in [5, 5.41) is 8.42. The first-order valence-corrected chi connectivity index (χ1v) is 9.96. The Balaban J connectivity index is 1.74. The molecule has 1 aromatic carbocycles. The van der Waals surface area contributed by atoms with Gasteiger partial charge in [0, 0.05) is 22.1 Å². The fourth-order valence-electron chi connectivity index (χ4n) is 3.25. The zero-order valence-corrected chi connectivity index (χ0v) is 16.0. The van der Waals surface area contributed by atoms with Crippen molar-refractivity contribution >= 4 is 17.5 Å². The van der Waals surface area contributed by atoms with E-state index in [1.807, 2.05) is 43.0 Å². The zero-order valence-electron chi connectivity index (χ0n) is 15.2. The Labute approximate surface area is 156 Å². The van der Waals surface area contributed by atoms with Crippen molar-refractivity contribution in [1.29, 1.82) is 0 Å². The maximum atomic E-state index is 13.2. The molecule has 3 aromatic rings. The molecule has 1 aliphatic rings. The molecule has 0 aliphatic heterocycles. The quantitative estimate of drug-likeness (QED) is 0.478. The summed E-state index contributed by atoms with van der Waals surface area (Å²) in [5.74, 6) is 1.07. The fourth-order valence-corrected chi connectivity index (χ4v) is 3.71. The Morgan fingerprint density at radius 3 is 2.73 bits per heavy atom. The SMILES string of the molecule is CSc1ccc(C(=O)c2cnoc2C2CC2)c(Cn2nc(C)cc2C)c1. The van der Waals surface area contributed by atoms with Crippen molar-refractivity contribution in [3.63, 3.8) is 0 Å². The standard InChI is InChI=1S/C20H21N3O2S/c1-12-8-13(2)23(22-12)11-15-9-16(26-3)6-7-17(15)19(24)18-10-21-25-20(18)14-4-5-14/h6-10,14H,4-5,11H2,1-3H3. The van der Waals surface area contributed by atoms with Crippen LogP contribution in [0.5, 0.6) is 0 Å². The summed E-state index contributed by atoms with van der Waals surface area (Å²) in [6.07, 6.45) is 5.74. The van der Waals surface area contributed by atoms with Gasteiger partial charge < -0.3 is 4.52 Å². The number of ketones is 1. The molecule has 0 spiro atoms. The van der Waals surface area contributed by atoms with Crippen molar-refractivity contribution in [2.24, 2.45) is 0 Å². The van der Waals surface area contributed by atoms with E-state index in [1.54, 1.807) is 18.0 Å². The van der Waals surface area contributed by atoms with Gasteiger partial charge in [-0.25, -0.2) is 0 Å². The molecule has 134 valence electrons. The first-order valence-electron chi connectivity index (χ1n) is 8.74. The molecule has 1 fully saturated rings. The number of carbonyl (C=O) groups is 1. The Kier molecular flexibility index (Phi) is 4.44. The molecule has 5 nitrogen and oxygen atoms in total. The third-order valence-electron chi connectivity index (χ3n) is 4.77. The van der Waals surface area contributed by atoms with Gasteiger partial charge in [0.1, 0.15) is 0 Å². The molecule has 2 aromatic heterocycles. The lowest BCUT2D eigenvalue weighted by Gasteiger charge is -2.12. The van der Waals surface area contributed by atoms with Gasteiger partial charge in [-0.2, -0.15) is 5.10 Å². The van der Waals surface area contributed by atoms with Crippen LogP contribution in [0, 0.1) is 13.8 Å². The summed E-state index contributed by atoms with van der Waals surface area (Å²) in [4.78, 5) is 14.4. The van der Waals surface area contributed by atoms with E-state index in [0.717, 1.165) is 40.4 Å². The van der Waals surface area contributed by atoms with Crippen LogP contribution < -0.4 is 0 Å². The summed E-state index contributed by atoms with van der Waals surface area (Å²) in [6, 6.07) is 8.04. The molecule has 2 heterocycles. The minimum Gasteiger partial charge on any atom is -0.360 e. The van der Waals surface area contributed by atoms with Crippen LogP contribution in [0.2, 0.25) is 0 Å². The number of rotatable bonds is 6. The van der Waals surface area contributed by atoms with Gasteiger partial charge in [0.05, 0.1) is 24.0 Å². The molecule has 0 saturated heterocycles. The molecule has 0 unspecified atom stereocenters. The third-order valence-corrected chi connectivity index (χ3v) is 5.50. The van der Waals surface area contributed by atoms with Gasteiger partial charge in [0.2, 0.25) is 0 Å². The largest absolute Gasteiger partial charge is 0.360 e. The molecule has 1 aliphatic carbocycles. The maximum absolute atomic E-state index is 13.2. The second-order valence-corrected chi connectivity index (χ2v) is 7.69. The maximum Gasteiger partial charge on any atom is 0.198 e. The van der Waals surface area contributed by atoms with Crippen LogP contribution in [0.25, 0.3) is 0 Å². The van der Waals surface area contributed by atoms with Gasteiger partial charge >= 0.3 is 0 Å². The molecule has 0 bridgehead atoms.